The molecule has 2 aliphatic heterocycles. The fraction of sp³-hybridized carbons (Fsp3) is 0.800. The number of hydrogen-bond acceptors (Lipinski definition) is 4. The van der Waals surface area contributed by atoms with E-state index < -0.39 is 12.2 Å². The van der Waals surface area contributed by atoms with E-state index in [1.165, 1.54) is 0 Å². The van der Waals surface area contributed by atoms with E-state index >= 15 is 0 Å². The van der Waals surface area contributed by atoms with Crippen LogP contribution < -0.4 is 0 Å². The molecule has 0 aromatic heterocycles. The Labute approximate surface area is 81.2 Å². The van der Waals surface area contributed by atoms with Gasteiger partial charge < -0.3 is 9.84 Å². The Kier molecular flexibility index (Phi) is 1.49. The van der Waals surface area contributed by atoms with Crippen molar-refractivity contribution in [3.8, 4) is 0 Å². The van der Waals surface area contributed by atoms with Gasteiger partial charge in [-0.2, -0.15) is 0 Å². The summed E-state index contributed by atoms with van der Waals surface area (Å²) in [6.07, 6.45) is -1.17. The fourth-order valence-electron chi connectivity index (χ4n) is 3.17. The molecule has 1 aliphatic carbocycles. The molecule has 0 amide bonds. The van der Waals surface area contributed by atoms with Gasteiger partial charge in [0.1, 0.15) is 11.6 Å². The molecular formula is C10H12O4. The number of ether oxygens (including phenoxy) is 1. The molecule has 3 fully saturated rings. The molecule has 3 rings (SSSR count). The zero-order chi connectivity index (χ0) is 10.0. The molecule has 0 aromatic carbocycles. The van der Waals surface area contributed by atoms with Crippen LogP contribution in [0.2, 0.25) is 0 Å². The summed E-state index contributed by atoms with van der Waals surface area (Å²) in [6, 6.07) is 0. The SMILES string of the molecule is CC1C(O)C2OC1C1C(=O)CC(=O)C21. The normalized spacial score (nSPS) is 55.6. The van der Waals surface area contributed by atoms with Crippen LogP contribution in [0.4, 0.5) is 0 Å². The van der Waals surface area contributed by atoms with Crippen molar-refractivity contribution in [1.82, 2.24) is 0 Å². The Morgan fingerprint density at radius 1 is 1.21 bits per heavy atom. The van der Waals surface area contributed by atoms with Gasteiger partial charge in [0.15, 0.2) is 0 Å². The Morgan fingerprint density at radius 3 is 2.43 bits per heavy atom. The average Bonchev–Trinajstić information content (AvgIpc) is 2.71. The lowest BCUT2D eigenvalue weighted by Gasteiger charge is -2.27. The third-order valence-corrected chi connectivity index (χ3v) is 3.89. The van der Waals surface area contributed by atoms with Crippen LogP contribution in [0.1, 0.15) is 13.3 Å². The topological polar surface area (TPSA) is 63.6 Å². The number of ketones is 2. The molecule has 0 aromatic rings. The first kappa shape index (κ1) is 8.56. The molecule has 76 valence electrons. The molecule has 2 saturated heterocycles. The second kappa shape index (κ2) is 2.44. The molecule has 0 spiro atoms. The summed E-state index contributed by atoms with van der Waals surface area (Å²) >= 11 is 0. The lowest BCUT2D eigenvalue weighted by Crippen LogP contribution is -2.43. The van der Waals surface area contributed by atoms with E-state index in [0.717, 1.165) is 0 Å². The van der Waals surface area contributed by atoms with E-state index in [9.17, 15) is 14.7 Å². The molecule has 1 N–H and O–H groups in total. The zero-order valence-electron chi connectivity index (χ0n) is 7.84. The third-order valence-electron chi connectivity index (χ3n) is 3.89. The number of carbonyl (C=O) groups excluding carboxylic acids is 2. The molecule has 14 heavy (non-hydrogen) atoms. The molecule has 6 atom stereocenters. The van der Waals surface area contributed by atoms with Crippen LogP contribution >= 0.6 is 0 Å². The standard InChI is InChI=1S/C10H12O4/c1-3-8(13)10-7-5(12)2-4(11)6(7)9(3)14-10/h3,6-10,13H,2H2,1H3. The summed E-state index contributed by atoms with van der Waals surface area (Å²) in [7, 11) is 0. The Morgan fingerprint density at radius 2 is 1.79 bits per heavy atom. The minimum absolute atomic E-state index is 0.00579. The molecule has 4 heteroatoms. The van der Waals surface area contributed by atoms with Crippen molar-refractivity contribution < 1.29 is 19.4 Å². The lowest BCUT2D eigenvalue weighted by molar-refractivity contribution is -0.125. The van der Waals surface area contributed by atoms with Crippen molar-refractivity contribution in [1.29, 1.82) is 0 Å². The van der Waals surface area contributed by atoms with Crippen LogP contribution in [0.15, 0.2) is 0 Å². The highest BCUT2D eigenvalue weighted by molar-refractivity contribution is 6.09. The molecule has 1 saturated carbocycles. The Hall–Kier alpha value is -0.740. The minimum Gasteiger partial charge on any atom is -0.390 e. The van der Waals surface area contributed by atoms with Crippen LogP contribution in [0, 0.1) is 17.8 Å². The van der Waals surface area contributed by atoms with Crippen LogP contribution in [0.5, 0.6) is 0 Å². The fourth-order valence-corrected chi connectivity index (χ4v) is 3.17. The first-order valence-corrected chi connectivity index (χ1v) is 5.00. The zero-order valence-corrected chi connectivity index (χ0v) is 7.84. The van der Waals surface area contributed by atoms with Crippen molar-refractivity contribution in [2.24, 2.45) is 17.8 Å². The van der Waals surface area contributed by atoms with Gasteiger partial charge in [0, 0.05) is 5.92 Å². The molecule has 2 heterocycles. The van der Waals surface area contributed by atoms with E-state index in [0.29, 0.717) is 0 Å². The van der Waals surface area contributed by atoms with Gasteiger partial charge >= 0.3 is 0 Å². The molecular weight excluding hydrogens is 184 g/mol. The van der Waals surface area contributed by atoms with Crippen LogP contribution in [0.25, 0.3) is 0 Å². The first-order chi connectivity index (χ1) is 6.61. The smallest absolute Gasteiger partial charge is 0.146 e. The van der Waals surface area contributed by atoms with E-state index in [1.54, 1.807) is 0 Å². The quantitative estimate of drug-likeness (QED) is 0.532. The largest absolute Gasteiger partial charge is 0.390 e. The van der Waals surface area contributed by atoms with Gasteiger partial charge in [-0.1, -0.05) is 6.92 Å². The monoisotopic (exact) mass is 196 g/mol. The second-order valence-corrected chi connectivity index (χ2v) is 4.58. The summed E-state index contributed by atoms with van der Waals surface area (Å²) in [5.74, 6) is -0.662. The highest BCUT2D eigenvalue weighted by Crippen LogP contribution is 2.50. The van der Waals surface area contributed by atoms with Crippen molar-refractivity contribution in [3.05, 3.63) is 0 Å². The summed E-state index contributed by atoms with van der Waals surface area (Å²) in [5.41, 5.74) is 0. The number of hydrogen-bond donors (Lipinski definition) is 1. The van der Waals surface area contributed by atoms with Gasteiger partial charge in [0.25, 0.3) is 0 Å². The lowest BCUT2D eigenvalue weighted by atomic mass is 9.74. The highest BCUT2D eigenvalue weighted by Gasteiger charge is 2.64. The highest BCUT2D eigenvalue weighted by atomic mass is 16.5. The third kappa shape index (κ3) is 0.769. The van der Waals surface area contributed by atoms with E-state index in [4.69, 9.17) is 4.74 Å². The average molecular weight is 196 g/mol. The number of fused-ring (bicyclic) bond motifs is 5. The molecule has 6 unspecified atom stereocenters. The second-order valence-electron chi connectivity index (χ2n) is 4.58. The van der Waals surface area contributed by atoms with Crippen LogP contribution in [0.3, 0.4) is 0 Å². The maximum atomic E-state index is 11.5. The van der Waals surface area contributed by atoms with Gasteiger partial charge in [0.2, 0.25) is 0 Å². The summed E-state index contributed by atoms with van der Waals surface area (Å²) in [5, 5.41) is 9.75. The van der Waals surface area contributed by atoms with Gasteiger partial charge in [-0.25, -0.2) is 0 Å². The minimum atomic E-state index is -0.573. The van der Waals surface area contributed by atoms with E-state index in [2.05, 4.69) is 0 Å². The van der Waals surface area contributed by atoms with Gasteiger partial charge in [-0.05, 0) is 0 Å². The van der Waals surface area contributed by atoms with Gasteiger partial charge in [-0.3, -0.25) is 9.59 Å². The van der Waals surface area contributed by atoms with E-state index in [-0.39, 0.29) is 41.8 Å². The number of carbonyl (C=O) groups is 2. The first-order valence-electron chi connectivity index (χ1n) is 5.00. The molecule has 0 radical (unpaired) electrons. The van der Waals surface area contributed by atoms with Crippen molar-refractivity contribution >= 4 is 11.6 Å². The maximum absolute atomic E-state index is 11.5. The van der Waals surface area contributed by atoms with Crippen LogP contribution in [-0.2, 0) is 14.3 Å². The number of rotatable bonds is 0. The van der Waals surface area contributed by atoms with Crippen molar-refractivity contribution in [2.75, 3.05) is 0 Å². The Balaban J connectivity index is 2.01. The molecule has 4 nitrogen and oxygen atoms in total. The van der Waals surface area contributed by atoms with Crippen molar-refractivity contribution in [2.45, 2.75) is 31.7 Å². The molecule has 2 bridgehead atoms. The maximum Gasteiger partial charge on any atom is 0.146 e. The Bertz CT molecular complexity index is 294. The number of aliphatic hydroxyl groups excluding tert-OH is 1. The number of aliphatic hydroxyl groups is 1. The summed E-state index contributed by atoms with van der Waals surface area (Å²) in [6.45, 7) is 1.88. The van der Waals surface area contributed by atoms with Crippen LogP contribution in [-0.4, -0.2) is 35.0 Å². The van der Waals surface area contributed by atoms with Crippen molar-refractivity contribution in [3.63, 3.8) is 0 Å². The predicted octanol–water partition coefficient (Wildman–Crippen LogP) is -0.461. The summed E-state index contributed by atoms with van der Waals surface area (Å²) < 4.78 is 5.51. The summed E-state index contributed by atoms with van der Waals surface area (Å²) in [4.78, 5) is 23.0. The van der Waals surface area contributed by atoms with E-state index in [1.807, 2.05) is 6.92 Å². The van der Waals surface area contributed by atoms with Gasteiger partial charge in [0.05, 0.1) is 36.6 Å². The number of Topliss-reactive ketones (excluding diaryl/α,β-unsaturated/α-hetero) is 2. The molecule has 3 aliphatic rings. The van der Waals surface area contributed by atoms with Gasteiger partial charge in [-0.15, -0.1) is 0 Å². The predicted molar refractivity (Wildman–Crippen MR) is 45.4 cm³/mol.